The van der Waals surface area contributed by atoms with Crippen LogP contribution in [0.4, 0.5) is 0 Å². The van der Waals surface area contributed by atoms with Crippen molar-refractivity contribution in [3.05, 3.63) is 0 Å². The Bertz CT molecular complexity index is 164. The lowest BCUT2D eigenvalue weighted by Gasteiger charge is -2.26. The molecule has 13 heavy (non-hydrogen) atoms. The molecular formula is C10H19NO2. The van der Waals surface area contributed by atoms with Gasteiger partial charge in [0.25, 0.3) is 0 Å². The van der Waals surface area contributed by atoms with Gasteiger partial charge in [0, 0.05) is 13.0 Å². The second-order valence-corrected chi connectivity index (χ2v) is 3.86. The summed E-state index contributed by atoms with van der Waals surface area (Å²) in [5.41, 5.74) is 5.92. The van der Waals surface area contributed by atoms with Crippen LogP contribution in [-0.2, 0) is 9.53 Å². The standard InChI is InChI=1S/C10H19NO2/c1-8(12)13-7-10(11)9-5-3-2-4-6-9/h9-10H,2-7,11H2,1H3/t10-/m1/s1. The van der Waals surface area contributed by atoms with Crippen molar-refractivity contribution in [3.8, 4) is 0 Å². The Balaban J connectivity index is 2.20. The summed E-state index contributed by atoms with van der Waals surface area (Å²) in [5, 5.41) is 0. The van der Waals surface area contributed by atoms with E-state index in [-0.39, 0.29) is 12.0 Å². The predicted molar refractivity (Wildman–Crippen MR) is 51.2 cm³/mol. The van der Waals surface area contributed by atoms with Crippen molar-refractivity contribution in [1.29, 1.82) is 0 Å². The van der Waals surface area contributed by atoms with Crippen LogP contribution in [0.5, 0.6) is 0 Å². The van der Waals surface area contributed by atoms with Gasteiger partial charge in [0.05, 0.1) is 0 Å². The van der Waals surface area contributed by atoms with Gasteiger partial charge in [0.1, 0.15) is 6.61 Å². The Kier molecular flexibility index (Phi) is 4.22. The zero-order chi connectivity index (χ0) is 9.68. The van der Waals surface area contributed by atoms with E-state index >= 15 is 0 Å². The third-order valence-electron chi connectivity index (χ3n) is 2.73. The minimum absolute atomic E-state index is 0.0456. The predicted octanol–water partition coefficient (Wildman–Crippen LogP) is 1.46. The molecule has 3 heteroatoms. The summed E-state index contributed by atoms with van der Waals surface area (Å²) < 4.78 is 4.89. The van der Waals surface area contributed by atoms with Gasteiger partial charge < -0.3 is 10.5 Å². The van der Waals surface area contributed by atoms with Crippen LogP contribution in [0.2, 0.25) is 0 Å². The average molecular weight is 185 g/mol. The molecule has 1 aliphatic carbocycles. The van der Waals surface area contributed by atoms with Crippen LogP contribution in [0, 0.1) is 5.92 Å². The second kappa shape index (κ2) is 5.22. The van der Waals surface area contributed by atoms with Crippen LogP contribution in [0.1, 0.15) is 39.0 Å². The fourth-order valence-electron chi connectivity index (χ4n) is 1.91. The number of hydrogen-bond donors (Lipinski definition) is 1. The molecule has 0 radical (unpaired) electrons. The number of hydrogen-bond acceptors (Lipinski definition) is 3. The molecular weight excluding hydrogens is 166 g/mol. The number of esters is 1. The van der Waals surface area contributed by atoms with Crippen LogP contribution in [-0.4, -0.2) is 18.6 Å². The van der Waals surface area contributed by atoms with E-state index in [0.29, 0.717) is 12.5 Å². The highest BCUT2D eigenvalue weighted by atomic mass is 16.5. The van der Waals surface area contributed by atoms with E-state index in [1.165, 1.54) is 39.0 Å². The smallest absolute Gasteiger partial charge is 0.302 e. The Morgan fingerprint density at radius 3 is 2.62 bits per heavy atom. The van der Waals surface area contributed by atoms with Crippen molar-refractivity contribution in [2.45, 2.75) is 45.1 Å². The molecule has 1 saturated carbocycles. The van der Waals surface area contributed by atoms with Gasteiger partial charge in [0.15, 0.2) is 0 Å². The number of carbonyl (C=O) groups excluding carboxylic acids is 1. The molecule has 0 amide bonds. The Hall–Kier alpha value is -0.570. The van der Waals surface area contributed by atoms with Crippen molar-refractivity contribution in [2.75, 3.05) is 6.61 Å². The fourth-order valence-corrected chi connectivity index (χ4v) is 1.91. The summed E-state index contributed by atoms with van der Waals surface area (Å²) in [6.45, 7) is 1.81. The van der Waals surface area contributed by atoms with E-state index in [2.05, 4.69) is 0 Å². The van der Waals surface area contributed by atoms with E-state index in [4.69, 9.17) is 10.5 Å². The first-order valence-electron chi connectivity index (χ1n) is 5.09. The number of rotatable bonds is 3. The van der Waals surface area contributed by atoms with Gasteiger partial charge in [-0.15, -0.1) is 0 Å². The number of nitrogens with two attached hydrogens (primary N) is 1. The first-order valence-corrected chi connectivity index (χ1v) is 5.09. The molecule has 2 N–H and O–H groups in total. The molecule has 3 nitrogen and oxygen atoms in total. The van der Waals surface area contributed by atoms with Gasteiger partial charge in [-0.25, -0.2) is 0 Å². The summed E-state index contributed by atoms with van der Waals surface area (Å²) >= 11 is 0. The molecule has 76 valence electrons. The third-order valence-corrected chi connectivity index (χ3v) is 2.73. The molecule has 0 aromatic heterocycles. The lowest BCUT2D eigenvalue weighted by molar-refractivity contribution is -0.141. The highest BCUT2D eigenvalue weighted by Crippen LogP contribution is 2.25. The molecule has 0 aromatic carbocycles. The molecule has 1 aliphatic rings. The topological polar surface area (TPSA) is 52.3 Å². The van der Waals surface area contributed by atoms with Crippen LogP contribution < -0.4 is 5.73 Å². The monoisotopic (exact) mass is 185 g/mol. The Morgan fingerprint density at radius 1 is 1.46 bits per heavy atom. The first-order chi connectivity index (χ1) is 6.20. The maximum atomic E-state index is 10.6. The number of carbonyl (C=O) groups is 1. The van der Waals surface area contributed by atoms with Crippen molar-refractivity contribution < 1.29 is 9.53 Å². The molecule has 0 aliphatic heterocycles. The molecule has 0 saturated heterocycles. The highest BCUT2D eigenvalue weighted by molar-refractivity contribution is 5.65. The van der Waals surface area contributed by atoms with E-state index in [0.717, 1.165) is 0 Å². The van der Waals surface area contributed by atoms with E-state index in [1.54, 1.807) is 0 Å². The van der Waals surface area contributed by atoms with Crippen molar-refractivity contribution in [2.24, 2.45) is 11.7 Å². The van der Waals surface area contributed by atoms with Gasteiger partial charge in [-0.1, -0.05) is 19.3 Å². The third kappa shape index (κ3) is 3.77. The Morgan fingerprint density at radius 2 is 2.08 bits per heavy atom. The van der Waals surface area contributed by atoms with Gasteiger partial charge >= 0.3 is 5.97 Å². The van der Waals surface area contributed by atoms with Gasteiger partial charge in [-0.05, 0) is 18.8 Å². The maximum Gasteiger partial charge on any atom is 0.302 e. The van der Waals surface area contributed by atoms with Crippen molar-refractivity contribution >= 4 is 5.97 Å². The number of ether oxygens (including phenoxy) is 1. The maximum absolute atomic E-state index is 10.6. The molecule has 1 fully saturated rings. The van der Waals surface area contributed by atoms with E-state index in [1.807, 2.05) is 0 Å². The minimum atomic E-state index is -0.230. The molecule has 1 rings (SSSR count). The zero-order valence-corrected chi connectivity index (χ0v) is 8.29. The van der Waals surface area contributed by atoms with Crippen molar-refractivity contribution in [1.82, 2.24) is 0 Å². The van der Waals surface area contributed by atoms with Gasteiger partial charge in [0.2, 0.25) is 0 Å². The van der Waals surface area contributed by atoms with Crippen LogP contribution in [0.3, 0.4) is 0 Å². The molecule has 0 aromatic rings. The minimum Gasteiger partial charge on any atom is -0.464 e. The molecule has 0 bridgehead atoms. The van der Waals surface area contributed by atoms with Crippen LogP contribution in [0.25, 0.3) is 0 Å². The first kappa shape index (κ1) is 10.5. The average Bonchev–Trinajstić information content (AvgIpc) is 2.15. The molecule has 0 spiro atoms. The SMILES string of the molecule is CC(=O)OC[C@@H](N)C1CCCCC1. The van der Waals surface area contributed by atoms with Gasteiger partial charge in [-0.3, -0.25) is 4.79 Å². The van der Waals surface area contributed by atoms with Crippen LogP contribution in [0.15, 0.2) is 0 Å². The van der Waals surface area contributed by atoms with E-state index < -0.39 is 0 Å². The van der Waals surface area contributed by atoms with Gasteiger partial charge in [-0.2, -0.15) is 0 Å². The molecule has 0 unspecified atom stereocenters. The lowest BCUT2D eigenvalue weighted by atomic mass is 9.84. The Labute approximate surface area is 79.6 Å². The summed E-state index contributed by atoms with van der Waals surface area (Å²) in [5.74, 6) is 0.333. The largest absolute Gasteiger partial charge is 0.464 e. The zero-order valence-electron chi connectivity index (χ0n) is 8.29. The highest BCUT2D eigenvalue weighted by Gasteiger charge is 2.20. The van der Waals surface area contributed by atoms with Crippen LogP contribution >= 0.6 is 0 Å². The fraction of sp³-hybridized carbons (Fsp3) is 0.900. The lowest BCUT2D eigenvalue weighted by Crippen LogP contribution is -2.36. The normalized spacial score (nSPS) is 21.1. The second-order valence-electron chi connectivity index (χ2n) is 3.86. The van der Waals surface area contributed by atoms with Crippen molar-refractivity contribution in [3.63, 3.8) is 0 Å². The summed E-state index contributed by atoms with van der Waals surface area (Å²) in [6, 6.07) is 0.0456. The molecule has 1 atom stereocenters. The summed E-state index contributed by atoms with van der Waals surface area (Å²) in [4.78, 5) is 10.6. The summed E-state index contributed by atoms with van der Waals surface area (Å²) in [6.07, 6.45) is 6.28. The quantitative estimate of drug-likeness (QED) is 0.677. The van der Waals surface area contributed by atoms with E-state index in [9.17, 15) is 4.79 Å². The summed E-state index contributed by atoms with van der Waals surface area (Å²) in [7, 11) is 0. The molecule has 0 heterocycles.